The molecule has 0 radical (unpaired) electrons. The molecular weight excluding hydrogens is 514 g/mol. The molecule has 10 heteroatoms. The monoisotopic (exact) mass is 533 g/mol. The number of likely N-dealkylation sites (tertiary alicyclic amines) is 1. The molecule has 2 aliphatic rings. The molecule has 2 aliphatic heterocycles. The van der Waals surface area contributed by atoms with E-state index in [-0.39, 0.29) is 17.2 Å². The maximum Gasteiger partial charge on any atom is 0.297 e. The number of amides is 2. The van der Waals surface area contributed by atoms with E-state index < -0.39 is 41.2 Å². The Morgan fingerprint density at radius 3 is 2.00 bits per heavy atom. The number of anilines is 2. The minimum atomic E-state index is -2.19. The minimum absolute atomic E-state index is 0.00533. The van der Waals surface area contributed by atoms with E-state index >= 15 is 0 Å². The van der Waals surface area contributed by atoms with Gasteiger partial charge in [0.25, 0.3) is 17.6 Å². The number of hydrogen-bond acceptors (Lipinski definition) is 6. The summed E-state index contributed by atoms with van der Waals surface area (Å²) in [4.78, 5) is 45.0. The van der Waals surface area contributed by atoms with Gasteiger partial charge in [0.05, 0.1) is 12.3 Å². The normalized spacial score (nSPS) is 21.0. The van der Waals surface area contributed by atoms with Gasteiger partial charge in [-0.05, 0) is 60.7 Å². The van der Waals surface area contributed by atoms with Gasteiger partial charge < -0.3 is 10.2 Å². The number of aliphatic hydroxyl groups is 2. The molecular formula is C27H20ClN3O5S. The number of benzene rings is 3. The summed E-state index contributed by atoms with van der Waals surface area (Å²) in [7, 11) is 0. The van der Waals surface area contributed by atoms with Crippen LogP contribution in [0.1, 0.15) is 5.56 Å². The first-order valence-corrected chi connectivity index (χ1v) is 12.1. The highest BCUT2D eigenvalue weighted by Gasteiger charge is 2.71. The minimum Gasteiger partial charge on any atom is -0.507 e. The van der Waals surface area contributed by atoms with Crippen LogP contribution in [0.2, 0.25) is 5.02 Å². The highest BCUT2D eigenvalue weighted by atomic mass is 35.5. The van der Waals surface area contributed by atoms with Crippen LogP contribution in [0.3, 0.4) is 0 Å². The number of aliphatic hydroxyl groups excluding tert-OH is 2. The number of Topliss-reactive ketones (excluding diaryl/α,β-unsaturated/α-hetero) is 1. The molecule has 2 N–H and O–H groups in total. The SMILES string of the molecule is O=C1C(=O)N(CCO)C2(C(=O)N(c3ccccc3)C(=S)N2c2ccccc2)/C1=C(\O)c1ccc(Cl)cc1. The maximum atomic E-state index is 14.5. The molecule has 5 rings (SSSR count). The number of carbonyl (C=O) groups excluding carboxylic acids is 3. The smallest absolute Gasteiger partial charge is 0.297 e. The van der Waals surface area contributed by atoms with Crippen LogP contribution in [0.25, 0.3) is 5.76 Å². The van der Waals surface area contributed by atoms with Crippen LogP contribution < -0.4 is 9.80 Å². The molecule has 0 aromatic heterocycles. The van der Waals surface area contributed by atoms with E-state index in [1.807, 2.05) is 0 Å². The van der Waals surface area contributed by atoms with Gasteiger partial charge in [-0.3, -0.25) is 29.1 Å². The van der Waals surface area contributed by atoms with Crippen molar-refractivity contribution >= 4 is 63.7 Å². The van der Waals surface area contributed by atoms with Crippen molar-refractivity contribution in [1.82, 2.24) is 4.90 Å². The van der Waals surface area contributed by atoms with Crippen molar-refractivity contribution < 1.29 is 24.6 Å². The Bertz CT molecular complexity index is 1450. The Balaban J connectivity index is 1.87. The van der Waals surface area contributed by atoms with Gasteiger partial charge in [0.15, 0.2) is 5.11 Å². The average molecular weight is 534 g/mol. The zero-order chi connectivity index (χ0) is 26.3. The molecule has 186 valence electrons. The van der Waals surface area contributed by atoms with Crippen LogP contribution >= 0.6 is 23.8 Å². The summed E-state index contributed by atoms with van der Waals surface area (Å²) >= 11 is 11.8. The van der Waals surface area contributed by atoms with Crippen molar-refractivity contribution in [3.63, 3.8) is 0 Å². The largest absolute Gasteiger partial charge is 0.507 e. The van der Waals surface area contributed by atoms with Gasteiger partial charge in [-0.15, -0.1) is 0 Å². The van der Waals surface area contributed by atoms with Crippen molar-refractivity contribution in [1.29, 1.82) is 0 Å². The second-order valence-corrected chi connectivity index (χ2v) is 9.14. The van der Waals surface area contributed by atoms with Crippen LogP contribution in [-0.4, -0.2) is 56.6 Å². The van der Waals surface area contributed by atoms with E-state index in [0.717, 1.165) is 4.90 Å². The van der Waals surface area contributed by atoms with Gasteiger partial charge >= 0.3 is 0 Å². The van der Waals surface area contributed by atoms with Crippen molar-refractivity contribution in [2.24, 2.45) is 0 Å². The lowest BCUT2D eigenvalue weighted by molar-refractivity contribution is -0.143. The van der Waals surface area contributed by atoms with Crippen LogP contribution in [0, 0.1) is 0 Å². The van der Waals surface area contributed by atoms with Gasteiger partial charge in [0.2, 0.25) is 5.66 Å². The quantitative estimate of drug-likeness (QED) is 0.224. The van der Waals surface area contributed by atoms with Crippen molar-refractivity contribution in [2.75, 3.05) is 23.0 Å². The molecule has 2 heterocycles. The van der Waals surface area contributed by atoms with E-state index in [9.17, 15) is 24.6 Å². The van der Waals surface area contributed by atoms with Gasteiger partial charge in [0.1, 0.15) is 11.3 Å². The van der Waals surface area contributed by atoms with Gasteiger partial charge in [-0.1, -0.05) is 48.0 Å². The maximum absolute atomic E-state index is 14.5. The molecule has 2 fully saturated rings. The zero-order valence-electron chi connectivity index (χ0n) is 19.2. The Kier molecular flexibility index (Phi) is 6.28. The summed E-state index contributed by atoms with van der Waals surface area (Å²) in [5, 5.41) is 21.7. The first-order chi connectivity index (χ1) is 17.8. The average Bonchev–Trinajstić information content (AvgIpc) is 3.27. The number of ketones is 1. The first kappa shape index (κ1) is 24.6. The van der Waals surface area contributed by atoms with Gasteiger partial charge in [-0.2, -0.15) is 0 Å². The topological polar surface area (TPSA) is 101 Å². The number of thiocarbonyl (C=S) groups is 1. The molecule has 0 bridgehead atoms. The van der Waals surface area contributed by atoms with E-state index in [0.29, 0.717) is 16.4 Å². The van der Waals surface area contributed by atoms with E-state index in [1.165, 1.54) is 34.1 Å². The number of halogens is 1. The van der Waals surface area contributed by atoms with E-state index in [4.69, 9.17) is 23.8 Å². The summed E-state index contributed by atoms with van der Waals surface area (Å²) < 4.78 is 0. The summed E-state index contributed by atoms with van der Waals surface area (Å²) in [5.74, 6) is -3.43. The molecule has 3 aromatic carbocycles. The third-order valence-corrected chi connectivity index (χ3v) is 6.94. The molecule has 1 unspecified atom stereocenters. The number of nitrogens with zero attached hydrogens (tertiary/aromatic N) is 3. The zero-order valence-corrected chi connectivity index (χ0v) is 20.8. The molecule has 0 saturated carbocycles. The predicted molar refractivity (Wildman–Crippen MR) is 143 cm³/mol. The number of rotatable bonds is 5. The van der Waals surface area contributed by atoms with Gasteiger partial charge in [-0.25, -0.2) is 0 Å². The second-order valence-electron chi connectivity index (χ2n) is 8.34. The standard InChI is InChI=1S/C27H20ClN3O5S/c28-18-13-11-17(12-14-18)22(33)21-23(34)24(35)29(15-16-32)27(21)25(36)30(19-7-3-1-4-8-19)26(37)31(27)20-9-5-2-6-10-20/h1-14,32-33H,15-16H2/b22-21-. The molecule has 1 atom stereocenters. The molecule has 37 heavy (non-hydrogen) atoms. The summed E-state index contributed by atoms with van der Waals surface area (Å²) in [6.07, 6.45) is 0. The summed E-state index contributed by atoms with van der Waals surface area (Å²) in [6.45, 7) is -0.897. The molecule has 0 aliphatic carbocycles. The first-order valence-electron chi connectivity index (χ1n) is 11.3. The molecule has 8 nitrogen and oxygen atoms in total. The third-order valence-electron chi connectivity index (χ3n) is 6.32. The number of para-hydroxylation sites is 2. The van der Waals surface area contributed by atoms with Crippen LogP contribution in [-0.2, 0) is 14.4 Å². The van der Waals surface area contributed by atoms with E-state index in [1.54, 1.807) is 60.7 Å². The number of carbonyl (C=O) groups is 3. The lowest BCUT2D eigenvalue weighted by atomic mass is 9.93. The van der Waals surface area contributed by atoms with Crippen molar-refractivity contribution in [3.05, 3.63) is 101 Å². The lowest BCUT2D eigenvalue weighted by Crippen LogP contribution is -2.62. The van der Waals surface area contributed by atoms with Crippen LogP contribution in [0.15, 0.2) is 90.5 Å². The Morgan fingerprint density at radius 2 is 1.43 bits per heavy atom. The van der Waals surface area contributed by atoms with Crippen LogP contribution in [0.5, 0.6) is 0 Å². The Morgan fingerprint density at radius 1 is 0.865 bits per heavy atom. The highest BCUT2D eigenvalue weighted by molar-refractivity contribution is 7.81. The Hall–Kier alpha value is -4.05. The fourth-order valence-electron chi connectivity index (χ4n) is 4.77. The summed E-state index contributed by atoms with van der Waals surface area (Å²) in [6, 6.07) is 23.1. The number of hydrogen-bond donors (Lipinski definition) is 2. The molecule has 2 amide bonds. The molecule has 3 aromatic rings. The molecule has 2 saturated heterocycles. The fraction of sp³-hybridized carbons (Fsp3) is 0.111. The second kappa shape index (κ2) is 9.44. The fourth-order valence-corrected chi connectivity index (χ4v) is 5.32. The lowest BCUT2D eigenvalue weighted by Gasteiger charge is -2.39. The summed E-state index contributed by atoms with van der Waals surface area (Å²) in [5.41, 5.74) is -1.64. The van der Waals surface area contributed by atoms with Crippen molar-refractivity contribution in [3.8, 4) is 0 Å². The number of β-amino-alcohol motifs (C(OH)–C–C–N with tert-alkyl or cyclic N) is 1. The highest BCUT2D eigenvalue weighted by Crippen LogP contribution is 2.48. The van der Waals surface area contributed by atoms with Gasteiger partial charge in [0, 0.05) is 22.8 Å². The molecule has 1 spiro atoms. The van der Waals surface area contributed by atoms with Crippen LogP contribution in [0.4, 0.5) is 11.4 Å². The predicted octanol–water partition coefficient (Wildman–Crippen LogP) is 3.55. The third kappa shape index (κ3) is 3.62. The Labute approximate surface area is 222 Å². The van der Waals surface area contributed by atoms with E-state index in [2.05, 4.69) is 0 Å². The van der Waals surface area contributed by atoms with Crippen molar-refractivity contribution in [2.45, 2.75) is 5.66 Å².